The van der Waals surface area contributed by atoms with Crippen molar-refractivity contribution >= 4 is 38.5 Å². The van der Waals surface area contributed by atoms with Crippen molar-refractivity contribution in [2.24, 2.45) is 0 Å². The third kappa shape index (κ3) is 3.41. The van der Waals surface area contributed by atoms with Crippen LogP contribution in [0.1, 0.15) is 17.7 Å². The minimum absolute atomic E-state index is 0.104. The van der Waals surface area contributed by atoms with Crippen LogP contribution in [0.3, 0.4) is 0 Å². The van der Waals surface area contributed by atoms with Gasteiger partial charge in [-0.05, 0) is 55.3 Å². The van der Waals surface area contributed by atoms with Gasteiger partial charge in [-0.1, -0.05) is 23.7 Å². The number of carboxylic acids is 1. The monoisotopic (exact) mass is 377 g/mol. The van der Waals surface area contributed by atoms with E-state index >= 15 is 0 Å². The summed E-state index contributed by atoms with van der Waals surface area (Å²) in [6.45, 7) is 1.82. The molecule has 0 unspecified atom stereocenters. The molecule has 0 bridgehead atoms. The van der Waals surface area contributed by atoms with E-state index in [0.717, 1.165) is 5.56 Å². The van der Waals surface area contributed by atoms with Gasteiger partial charge in [-0.25, -0.2) is 12.4 Å². The molecule has 3 rings (SSSR count). The molecule has 2 aromatic carbocycles. The summed E-state index contributed by atoms with van der Waals surface area (Å²) in [7, 11) is -3.86. The molecular weight excluding hydrogens is 362 g/mol. The van der Waals surface area contributed by atoms with Crippen LogP contribution in [-0.2, 0) is 21.2 Å². The molecule has 0 aliphatic heterocycles. The number of rotatable bonds is 5. The molecular formula is C18H16ClNO4S. The number of aliphatic carboxylic acids is 1. The largest absolute Gasteiger partial charge is 0.481 e. The zero-order valence-electron chi connectivity index (χ0n) is 13.4. The summed E-state index contributed by atoms with van der Waals surface area (Å²) in [5.74, 6) is -0.984. The fourth-order valence-corrected chi connectivity index (χ4v) is 4.65. The average molecular weight is 378 g/mol. The Hall–Kier alpha value is -2.31. The Kier molecular flexibility index (Phi) is 4.58. The maximum absolute atomic E-state index is 13.2. The second-order valence-electron chi connectivity index (χ2n) is 5.82. The van der Waals surface area contributed by atoms with E-state index in [2.05, 4.69) is 0 Å². The predicted octanol–water partition coefficient (Wildman–Crippen LogP) is 3.86. The topological polar surface area (TPSA) is 76.4 Å². The van der Waals surface area contributed by atoms with E-state index in [-0.39, 0.29) is 17.7 Å². The second-order valence-corrected chi connectivity index (χ2v) is 8.04. The number of hydrogen-bond acceptors (Lipinski definition) is 3. The molecule has 1 N–H and O–H groups in total. The molecule has 25 heavy (non-hydrogen) atoms. The quantitative estimate of drug-likeness (QED) is 0.732. The van der Waals surface area contributed by atoms with Crippen molar-refractivity contribution in [1.82, 2.24) is 3.97 Å². The number of nitrogens with zero attached hydrogens (tertiary/aromatic N) is 1. The van der Waals surface area contributed by atoms with Crippen LogP contribution in [0.4, 0.5) is 0 Å². The summed E-state index contributed by atoms with van der Waals surface area (Å²) in [6.07, 6.45) is -0.0555. The van der Waals surface area contributed by atoms with Crippen molar-refractivity contribution in [1.29, 1.82) is 0 Å². The van der Waals surface area contributed by atoms with Gasteiger partial charge in [0.2, 0.25) is 0 Å². The van der Waals surface area contributed by atoms with E-state index in [0.29, 0.717) is 21.6 Å². The molecule has 130 valence electrons. The van der Waals surface area contributed by atoms with Gasteiger partial charge < -0.3 is 5.11 Å². The van der Waals surface area contributed by atoms with Crippen LogP contribution in [0, 0.1) is 6.92 Å². The lowest BCUT2D eigenvalue weighted by Crippen LogP contribution is -2.16. The summed E-state index contributed by atoms with van der Waals surface area (Å²) in [4.78, 5) is 11.1. The zero-order valence-corrected chi connectivity index (χ0v) is 15.0. The third-order valence-electron chi connectivity index (χ3n) is 3.91. The highest BCUT2D eigenvalue weighted by molar-refractivity contribution is 7.90. The number of carbonyl (C=O) groups is 1. The number of benzene rings is 2. The van der Waals surface area contributed by atoms with Crippen LogP contribution in [0.15, 0.2) is 53.4 Å². The molecule has 0 saturated heterocycles. The Morgan fingerprint density at radius 2 is 1.92 bits per heavy atom. The lowest BCUT2D eigenvalue weighted by atomic mass is 10.2. The minimum atomic E-state index is -3.86. The normalized spacial score (nSPS) is 11.8. The van der Waals surface area contributed by atoms with E-state index in [1.807, 2.05) is 13.0 Å². The van der Waals surface area contributed by atoms with Gasteiger partial charge in [0.15, 0.2) is 0 Å². The zero-order chi connectivity index (χ0) is 18.2. The van der Waals surface area contributed by atoms with Crippen molar-refractivity contribution in [2.75, 3.05) is 0 Å². The van der Waals surface area contributed by atoms with E-state index in [9.17, 15) is 13.2 Å². The highest BCUT2D eigenvalue weighted by atomic mass is 35.5. The van der Waals surface area contributed by atoms with Crippen LogP contribution in [0.2, 0.25) is 5.02 Å². The highest BCUT2D eigenvalue weighted by Gasteiger charge is 2.23. The smallest absolute Gasteiger partial charge is 0.303 e. The molecule has 0 saturated carbocycles. The fraction of sp³-hybridized carbons (Fsp3) is 0.167. The van der Waals surface area contributed by atoms with Gasteiger partial charge in [-0.15, -0.1) is 0 Å². The molecule has 0 radical (unpaired) electrons. The van der Waals surface area contributed by atoms with Crippen LogP contribution in [0.25, 0.3) is 10.9 Å². The molecule has 0 amide bonds. The van der Waals surface area contributed by atoms with E-state index in [4.69, 9.17) is 16.7 Å². The molecule has 0 aliphatic rings. The van der Waals surface area contributed by atoms with E-state index < -0.39 is 16.0 Å². The summed E-state index contributed by atoms with van der Waals surface area (Å²) in [5.41, 5.74) is 1.72. The highest BCUT2D eigenvalue weighted by Crippen LogP contribution is 2.29. The first-order chi connectivity index (χ1) is 11.8. The van der Waals surface area contributed by atoms with Gasteiger partial charge in [-0.2, -0.15) is 0 Å². The number of hydrogen-bond donors (Lipinski definition) is 1. The molecule has 0 atom stereocenters. The van der Waals surface area contributed by atoms with Crippen molar-refractivity contribution in [3.8, 4) is 0 Å². The molecule has 1 aromatic heterocycles. The molecule has 0 aliphatic carbocycles. The SMILES string of the molecule is Cc1cccc(S(=O)(=O)n2c(CCC(=O)O)cc3cc(Cl)ccc32)c1. The van der Waals surface area contributed by atoms with Crippen LogP contribution in [-0.4, -0.2) is 23.5 Å². The summed E-state index contributed by atoms with van der Waals surface area (Å²) >= 11 is 6.01. The third-order valence-corrected chi connectivity index (χ3v) is 5.91. The second kappa shape index (κ2) is 6.54. The first kappa shape index (κ1) is 17.5. The summed E-state index contributed by atoms with van der Waals surface area (Å²) < 4.78 is 27.6. The molecule has 3 aromatic rings. The molecule has 0 spiro atoms. The fourth-order valence-electron chi connectivity index (χ4n) is 2.79. The van der Waals surface area contributed by atoms with Gasteiger partial charge >= 0.3 is 5.97 Å². The Morgan fingerprint density at radius 1 is 1.16 bits per heavy atom. The molecule has 1 heterocycles. The minimum Gasteiger partial charge on any atom is -0.481 e. The predicted molar refractivity (Wildman–Crippen MR) is 96.7 cm³/mol. The summed E-state index contributed by atoms with van der Waals surface area (Å²) in [5, 5.41) is 10.1. The first-order valence-corrected chi connectivity index (χ1v) is 9.45. The van der Waals surface area contributed by atoms with Gasteiger partial charge in [0.1, 0.15) is 0 Å². The standard InChI is InChI=1S/C18H16ClNO4S/c1-12-3-2-4-16(9-12)25(23,24)20-15(6-8-18(21)22)11-13-10-14(19)5-7-17(13)20/h2-5,7,9-11H,6,8H2,1H3,(H,21,22). The summed E-state index contributed by atoms with van der Waals surface area (Å²) in [6, 6.07) is 13.2. The molecule has 0 fully saturated rings. The van der Waals surface area contributed by atoms with Crippen molar-refractivity contribution < 1.29 is 18.3 Å². The lowest BCUT2D eigenvalue weighted by Gasteiger charge is -2.12. The Morgan fingerprint density at radius 3 is 2.60 bits per heavy atom. The van der Waals surface area contributed by atoms with Crippen LogP contribution in [0.5, 0.6) is 0 Å². The van der Waals surface area contributed by atoms with E-state index in [1.54, 1.807) is 36.4 Å². The van der Waals surface area contributed by atoms with Crippen molar-refractivity contribution in [3.05, 3.63) is 64.8 Å². The number of fused-ring (bicyclic) bond motifs is 1. The maximum Gasteiger partial charge on any atom is 0.303 e. The molecule has 7 heteroatoms. The number of carboxylic acid groups (broad SMARTS) is 1. The lowest BCUT2D eigenvalue weighted by molar-refractivity contribution is -0.136. The van der Waals surface area contributed by atoms with E-state index in [1.165, 1.54) is 10.0 Å². The van der Waals surface area contributed by atoms with Crippen molar-refractivity contribution in [3.63, 3.8) is 0 Å². The number of aryl methyl sites for hydroxylation is 2. The van der Waals surface area contributed by atoms with Crippen LogP contribution < -0.4 is 0 Å². The van der Waals surface area contributed by atoms with Crippen LogP contribution >= 0.6 is 11.6 Å². The number of halogens is 1. The Labute approximate surface area is 150 Å². The van der Waals surface area contributed by atoms with Gasteiger partial charge in [-0.3, -0.25) is 4.79 Å². The van der Waals surface area contributed by atoms with Gasteiger partial charge in [0.05, 0.1) is 16.8 Å². The van der Waals surface area contributed by atoms with Gasteiger partial charge in [0, 0.05) is 16.1 Å². The van der Waals surface area contributed by atoms with Crippen molar-refractivity contribution in [2.45, 2.75) is 24.7 Å². The first-order valence-electron chi connectivity index (χ1n) is 7.63. The Bertz CT molecular complexity index is 1070. The molecule has 5 nitrogen and oxygen atoms in total. The van der Waals surface area contributed by atoms with Gasteiger partial charge in [0.25, 0.3) is 10.0 Å². The maximum atomic E-state index is 13.2. The Balaban J connectivity index is 2.25. The average Bonchev–Trinajstić information content (AvgIpc) is 2.91. The number of aromatic nitrogens is 1.